The maximum atomic E-state index is 12.3. The molecule has 0 aliphatic rings. The van der Waals surface area contributed by atoms with Crippen LogP contribution in [0.2, 0.25) is 5.02 Å². The SMILES string of the molecule is CC(C)C(C)(CN)NC(=O)c1cc(-c2cccc(Cl)c2)no1.Cl. The first-order chi connectivity index (χ1) is 10.4. The third-order valence-corrected chi connectivity index (χ3v) is 4.19. The minimum Gasteiger partial charge on any atom is -0.350 e. The van der Waals surface area contributed by atoms with Crippen molar-refractivity contribution >= 4 is 29.9 Å². The van der Waals surface area contributed by atoms with Gasteiger partial charge in [-0.3, -0.25) is 4.79 Å². The van der Waals surface area contributed by atoms with Crippen molar-refractivity contribution in [3.05, 3.63) is 41.1 Å². The Hall–Kier alpha value is -1.56. The van der Waals surface area contributed by atoms with Gasteiger partial charge >= 0.3 is 0 Å². The van der Waals surface area contributed by atoms with E-state index in [1.54, 1.807) is 18.2 Å². The van der Waals surface area contributed by atoms with Crippen LogP contribution in [0.3, 0.4) is 0 Å². The first kappa shape index (κ1) is 19.5. The molecule has 1 heterocycles. The van der Waals surface area contributed by atoms with Crippen LogP contribution < -0.4 is 11.1 Å². The first-order valence-electron chi connectivity index (χ1n) is 7.11. The summed E-state index contributed by atoms with van der Waals surface area (Å²) in [6.45, 7) is 6.26. The highest BCUT2D eigenvalue weighted by molar-refractivity contribution is 6.30. The van der Waals surface area contributed by atoms with Gasteiger partial charge < -0.3 is 15.6 Å². The van der Waals surface area contributed by atoms with E-state index in [0.29, 0.717) is 17.3 Å². The van der Waals surface area contributed by atoms with Crippen molar-refractivity contribution in [3.63, 3.8) is 0 Å². The lowest BCUT2D eigenvalue weighted by molar-refractivity contribution is 0.0845. The molecule has 2 rings (SSSR count). The summed E-state index contributed by atoms with van der Waals surface area (Å²) in [6.07, 6.45) is 0. The Morgan fingerprint density at radius 2 is 2.13 bits per heavy atom. The van der Waals surface area contributed by atoms with Crippen LogP contribution in [0.4, 0.5) is 0 Å². The van der Waals surface area contributed by atoms with E-state index in [-0.39, 0.29) is 30.0 Å². The molecule has 1 amide bonds. The van der Waals surface area contributed by atoms with Crippen molar-refractivity contribution in [1.29, 1.82) is 0 Å². The Balaban J connectivity index is 0.00000264. The Morgan fingerprint density at radius 3 is 2.70 bits per heavy atom. The summed E-state index contributed by atoms with van der Waals surface area (Å²) in [6, 6.07) is 8.80. The summed E-state index contributed by atoms with van der Waals surface area (Å²) in [5.74, 6) is 0.00880. The van der Waals surface area contributed by atoms with E-state index < -0.39 is 5.54 Å². The first-order valence-corrected chi connectivity index (χ1v) is 7.49. The summed E-state index contributed by atoms with van der Waals surface area (Å²) < 4.78 is 5.14. The molecule has 23 heavy (non-hydrogen) atoms. The zero-order chi connectivity index (χ0) is 16.3. The molecule has 0 bridgehead atoms. The average molecular weight is 358 g/mol. The molecule has 1 aromatic heterocycles. The maximum Gasteiger partial charge on any atom is 0.290 e. The fraction of sp³-hybridized carbons (Fsp3) is 0.375. The molecule has 3 N–H and O–H groups in total. The van der Waals surface area contributed by atoms with Crippen molar-refractivity contribution in [1.82, 2.24) is 10.5 Å². The summed E-state index contributed by atoms with van der Waals surface area (Å²) in [4.78, 5) is 12.3. The van der Waals surface area contributed by atoms with Crippen LogP contribution in [-0.4, -0.2) is 23.1 Å². The quantitative estimate of drug-likeness (QED) is 0.857. The van der Waals surface area contributed by atoms with Crippen LogP contribution in [0.5, 0.6) is 0 Å². The van der Waals surface area contributed by atoms with Crippen LogP contribution in [-0.2, 0) is 0 Å². The fourth-order valence-corrected chi connectivity index (χ4v) is 2.11. The lowest BCUT2D eigenvalue weighted by Gasteiger charge is -2.33. The van der Waals surface area contributed by atoms with Gasteiger partial charge in [-0.25, -0.2) is 0 Å². The number of hydrogen-bond donors (Lipinski definition) is 2. The summed E-state index contributed by atoms with van der Waals surface area (Å²) in [7, 11) is 0. The molecule has 1 unspecified atom stereocenters. The number of carbonyl (C=O) groups is 1. The van der Waals surface area contributed by atoms with Gasteiger partial charge in [-0.1, -0.05) is 42.7 Å². The molecule has 0 aliphatic carbocycles. The van der Waals surface area contributed by atoms with Gasteiger partial charge in [0, 0.05) is 23.2 Å². The lowest BCUT2D eigenvalue weighted by atomic mass is 9.88. The number of nitrogens with one attached hydrogen (secondary N) is 1. The van der Waals surface area contributed by atoms with Crippen LogP contribution in [0, 0.1) is 5.92 Å². The summed E-state index contributed by atoms with van der Waals surface area (Å²) in [5.41, 5.74) is 6.63. The Morgan fingerprint density at radius 1 is 1.43 bits per heavy atom. The van der Waals surface area contributed by atoms with E-state index >= 15 is 0 Å². The molecule has 0 saturated carbocycles. The standard InChI is InChI=1S/C16H20ClN3O2.ClH/c1-10(2)16(3,9-18)19-15(21)14-8-13(20-22-14)11-5-4-6-12(17)7-11;/h4-8,10H,9,18H2,1-3H3,(H,19,21);1H. The number of aromatic nitrogens is 1. The highest BCUT2D eigenvalue weighted by Crippen LogP contribution is 2.23. The highest BCUT2D eigenvalue weighted by atomic mass is 35.5. The monoisotopic (exact) mass is 357 g/mol. The predicted molar refractivity (Wildman–Crippen MR) is 94.0 cm³/mol. The smallest absolute Gasteiger partial charge is 0.290 e. The van der Waals surface area contributed by atoms with Crippen molar-refractivity contribution < 1.29 is 9.32 Å². The van der Waals surface area contributed by atoms with E-state index in [4.69, 9.17) is 21.9 Å². The number of nitrogens with two attached hydrogens (primary N) is 1. The zero-order valence-corrected chi connectivity index (χ0v) is 14.9. The Kier molecular flexibility index (Phi) is 6.62. The molecule has 1 aromatic carbocycles. The number of benzene rings is 1. The van der Waals surface area contributed by atoms with E-state index in [9.17, 15) is 4.79 Å². The van der Waals surface area contributed by atoms with Crippen molar-refractivity contribution in [2.75, 3.05) is 6.54 Å². The number of rotatable bonds is 5. The molecule has 0 saturated heterocycles. The van der Waals surface area contributed by atoms with E-state index in [1.165, 1.54) is 0 Å². The second-order valence-corrected chi connectivity index (χ2v) is 6.25. The summed E-state index contributed by atoms with van der Waals surface area (Å²) in [5, 5.41) is 7.43. The molecule has 7 heteroatoms. The number of nitrogens with zero attached hydrogens (tertiary/aromatic N) is 1. The number of hydrogen-bond acceptors (Lipinski definition) is 4. The topological polar surface area (TPSA) is 81.1 Å². The molecular formula is C16H21Cl2N3O2. The van der Waals surface area contributed by atoms with Gasteiger partial charge in [0.05, 0.1) is 5.54 Å². The minimum atomic E-state index is -0.500. The Bertz CT molecular complexity index is 673. The maximum absolute atomic E-state index is 12.3. The lowest BCUT2D eigenvalue weighted by Crippen LogP contribution is -2.54. The van der Waals surface area contributed by atoms with Crippen LogP contribution >= 0.6 is 24.0 Å². The van der Waals surface area contributed by atoms with Crippen LogP contribution in [0.25, 0.3) is 11.3 Å². The zero-order valence-electron chi connectivity index (χ0n) is 13.3. The van der Waals surface area contributed by atoms with E-state index in [2.05, 4.69) is 10.5 Å². The summed E-state index contributed by atoms with van der Waals surface area (Å²) >= 11 is 5.95. The second-order valence-electron chi connectivity index (χ2n) is 5.82. The average Bonchev–Trinajstić information content (AvgIpc) is 2.97. The van der Waals surface area contributed by atoms with E-state index in [1.807, 2.05) is 32.9 Å². The molecule has 0 spiro atoms. The number of halogens is 2. The highest BCUT2D eigenvalue weighted by Gasteiger charge is 2.30. The molecular weight excluding hydrogens is 337 g/mol. The van der Waals surface area contributed by atoms with Gasteiger partial charge in [0.1, 0.15) is 5.69 Å². The fourth-order valence-electron chi connectivity index (χ4n) is 1.92. The number of carbonyl (C=O) groups excluding carboxylic acids is 1. The minimum absolute atomic E-state index is 0. The predicted octanol–water partition coefficient (Wildman–Crippen LogP) is 3.52. The van der Waals surface area contributed by atoms with Crippen molar-refractivity contribution in [2.24, 2.45) is 11.7 Å². The van der Waals surface area contributed by atoms with Crippen molar-refractivity contribution in [3.8, 4) is 11.3 Å². The van der Waals surface area contributed by atoms with Crippen molar-refractivity contribution in [2.45, 2.75) is 26.3 Å². The second kappa shape index (κ2) is 7.81. The molecule has 0 fully saturated rings. The van der Waals surface area contributed by atoms with Crippen LogP contribution in [0.15, 0.2) is 34.9 Å². The van der Waals surface area contributed by atoms with Gasteiger partial charge in [0.25, 0.3) is 5.91 Å². The van der Waals surface area contributed by atoms with Gasteiger partial charge in [0.2, 0.25) is 5.76 Å². The molecule has 0 radical (unpaired) electrons. The molecule has 0 aliphatic heterocycles. The van der Waals surface area contributed by atoms with Gasteiger partial charge in [-0.15, -0.1) is 12.4 Å². The Labute approximate surface area is 147 Å². The molecule has 126 valence electrons. The van der Waals surface area contributed by atoms with Crippen LogP contribution in [0.1, 0.15) is 31.3 Å². The van der Waals surface area contributed by atoms with Gasteiger partial charge in [-0.05, 0) is 25.0 Å². The number of amides is 1. The normalized spacial score (nSPS) is 13.3. The molecule has 1 atom stereocenters. The molecule has 2 aromatic rings. The third-order valence-electron chi connectivity index (χ3n) is 3.95. The molecule has 5 nitrogen and oxygen atoms in total. The van der Waals surface area contributed by atoms with Gasteiger partial charge in [-0.2, -0.15) is 0 Å². The largest absolute Gasteiger partial charge is 0.350 e. The van der Waals surface area contributed by atoms with Gasteiger partial charge in [0.15, 0.2) is 0 Å². The third kappa shape index (κ3) is 4.47. The van der Waals surface area contributed by atoms with E-state index in [0.717, 1.165) is 5.56 Å².